The van der Waals surface area contributed by atoms with Crippen LogP contribution in [0, 0.1) is 0 Å². The lowest BCUT2D eigenvalue weighted by molar-refractivity contribution is 0.196. The zero-order valence-electron chi connectivity index (χ0n) is 16.1. The first kappa shape index (κ1) is 23.1. The van der Waals surface area contributed by atoms with Crippen LogP contribution in [0.1, 0.15) is 18.1 Å². The summed E-state index contributed by atoms with van der Waals surface area (Å²) in [5.74, 6) is 2.02. The van der Waals surface area contributed by atoms with E-state index in [2.05, 4.69) is 27.9 Å². The summed E-state index contributed by atoms with van der Waals surface area (Å²) in [6.07, 6.45) is 4.07. The highest BCUT2D eigenvalue weighted by Gasteiger charge is 2.06. The smallest absolute Gasteiger partial charge is 0.191 e. The lowest BCUT2D eigenvalue weighted by atomic mass is 10.2. The number of benzene rings is 1. The molecule has 0 bridgehead atoms. The molecule has 0 saturated carbocycles. The molecule has 0 radical (unpaired) electrons. The molecule has 0 atom stereocenters. The van der Waals surface area contributed by atoms with E-state index in [4.69, 9.17) is 14.6 Å². The lowest BCUT2D eigenvalue weighted by Crippen LogP contribution is -2.36. The Labute approximate surface area is 177 Å². The normalized spacial score (nSPS) is 10.9. The minimum Gasteiger partial charge on any atom is -0.493 e. The summed E-state index contributed by atoms with van der Waals surface area (Å²) in [6.45, 7) is 4.26. The fraction of sp³-hybridized carbons (Fsp3) is 0.421. The second-order valence-corrected chi connectivity index (χ2v) is 5.79. The number of rotatable bonds is 9. The molecule has 27 heavy (non-hydrogen) atoms. The van der Waals surface area contributed by atoms with Gasteiger partial charge in [-0.15, -0.1) is 24.0 Å². The predicted molar refractivity (Wildman–Crippen MR) is 118 cm³/mol. The van der Waals surface area contributed by atoms with Gasteiger partial charge >= 0.3 is 0 Å². The standard InChI is InChI=1S/C19H28N4O3.HI/c1-4-20-19(22-13-16-7-8-23(2)14-16)21-12-15-5-6-17(26-10-9-24)18(11-15)25-3;/h5-8,11,14,24H,4,9-10,12-13H2,1-3H3,(H2,20,21,22);1H. The third kappa shape index (κ3) is 7.67. The molecule has 3 N–H and O–H groups in total. The number of methoxy groups -OCH3 is 1. The average molecular weight is 488 g/mol. The van der Waals surface area contributed by atoms with E-state index in [9.17, 15) is 0 Å². The number of aliphatic hydroxyl groups is 1. The molecule has 0 aliphatic heterocycles. The second kappa shape index (κ2) is 12.4. The number of guanidine groups is 1. The summed E-state index contributed by atoms with van der Waals surface area (Å²) >= 11 is 0. The van der Waals surface area contributed by atoms with Crippen LogP contribution in [-0.2, 0) is 20.1 Å². The van der Waals surface area contributed by atoms with Crippen molar-refractivity contribution in [2.75, 3.05) is 26.9 Å². The van der Waals surface area contributed by atoms with Gasteiger partial charge in [0.25, 0.3) is 0 Å². The molecule has 2 rings (SSSR count). The summed E-state index contributed by atoms with van der Waals surface area (Å²) in [7, 11) is 3.60. The molecular weight excluding hydrogens is 459 g/mol. The SMILES string of the molecule is CCNC(=NCc1ccn(C)c1)NCc1ccc(OCCO)c(OC)c1.I. The highest BCUT2D eigenvalue weighted by molar-refractivity contribution is 14.0. The van der Waals surface area contributed by atoms with Gasteiger partial charge in [-0.25, -0.2) is 4.99 Å². The van der Waals surface area contributed by atoms with E-state index < -0.39 is 0 Å². The summed E-state index contributed by atoms with van der Waals surface area (Å²) in [6, 6.07) is 7.78. The monoisotopic (exact) mass is 488 g/mol. The highest BCUT2D eigenvalue weighted by Crippen LogP contribution is 2.27. The van der Waals surface area contributed by atoms with Gasteiger partial charge in [0.15, 0.2) is 17.5 Å². The lowest BCUT2D eigenvalue weighted by Gasteiger charge is -2.14. The maximum Gasteiger partial charge on any atom is 0.191 e. The van der Waals surface area contributed by atoms with Crippen molar-refractivity contribution in [3.63, 3.8) is 0 Å². The van der Waals surface area contributed by atoms with Gasteiger partial charge in [-0.3, -0.25) is 0 Å². The van der Waals surface area contributed by atoms with E-state index >= 15 is 0 Å². The summed E-state index contributed by atoms with van der Waals surface area (Å²) < 4.78 is 12.8. The zero-order valence-corrected chi connectivity index (χ0v) is 18.4. The third-order valence-electron chi connectivity index (χ3n) is 3.69. The Morgan fingerprint density at radius 1 is 1.19 bits per heavy atom. The molecule has 0 unspecified atom stereocenters. The number of hydrogen-bond acceptors (Lipinski definition) is 4. The molecule has 2 aromatic rings. The molecule has 0 spiro atoms. The first-order chi connectivity index (χ1) is 12.7. The van der Waals surface area contributed by atoms with E-state index in [-0.39, 0.29) is 37.2 Å². The molecule has 1 aromatic heterocycles. The number of hydrogen-bond donors (Lipinski definition) is 3. The van der Waals surface area contributed by atoms with Gasteiger partial charge in [0, 0.05) is 32.5 Å². The molecule has 0 aliphatic carbocycles. The molecule has 8 heteroatoms. The molecule has 0 aliphatic rings. The average Bonchev–Trinajstić information content (AvgIpc) is 3.07. The number of aliphatic imine (C=N–C) groups is 1. The minimum atomic E-state index is -0.0314. The van der Waals surface area contributed by atoms with E-state index in [1.807, 2.05) is 42.9 Å². The van der Waals surface area contributed by atoms with Crippen molar-refractivity contribution in [2.45, 2.75) is 20.0 Å². The second-order valence-electron chi connectivity index (χ2n) is 5.79. The van der Waals surface area contributed by atoms with Gasteiger partial charge in [0.2, 0.25) is 0 Å². The molecular formula is C19H29IN4O3. The maximum atomic E-state index is 8.88. The summed E-state index contributed by atoms with van der Waals surface area (Å²) in [5, 5.41) is 15.4. The highest BCUT2D eigenvalue weighted by atomic mass is 127. The van der Waals surface area contributed by atoms with Crippen LogP contribution in [0.5, 0.6) is 11.5 Å². The van der Waals surface area contributed by atoms with Crippen molar-refractivity contribution in [3.8, 4) is 11.5 Å². The van der Waals surface area contributed by atoms with Gasteiger partial charge in [0.05, 0.1) is 20.3 Å². The molecule has 0 amide bonds. The topological polar surface area (TPSA) is 80.0 Å². The van der Waals surface area contributed by atoms with Crippen LogP contribution in [0.15, 0.2) is 41.7 Å². The Morgan fingerprint density at radius 3 is 2.63 bits per heavy atom. The summed E-state index contributed by atoms with van der Waals surface area (Å²) in [4.78, 5) is 4.61. The van der Waals surface area contributed by atoms with Gasteiger partial charge in [-0.05, 0) is 36.2 Å². The third-order valence-corrected chi connectivity index (χ3v) is 3.69. The van der Waals surface area contributed by atoms with Gasteiger partial charge in [-0.2, -0.15) is 0 Å². The molecule has 1 aromatic carbocycles. The van der Waals surface area contributed by atoms with Crippen LogP contribution < -0.4 is 20.1 Å². The van der Waals surface area contributed by atoms with Crippen molar-refractivity contribution in [2.24, 2.45) is 12.0 Å². The Bertz CT molecular complexity index is 719. The predicted octanol–water partition coefficient (Wildman–Crippen LogP) is 2.28. The van der Waals surface area contributed by atoms with E-state index in [0.717, 1.165) is 23.6 Å². The number of aliphatic hydroxyl groups excluding tert-OH is 1. The summed E-state index contributed by atoms with van der Waals surface area (Å²) in [5.41, 5.74) is 2.21. The Hall–Kier alpha value is -1.94. The van der Waals surface area contributed by atoms with Crippen molar-refractivity contribution < 1.29 is 14.6 Å². The number of aryl methyl sites for hydroxylation is 1. The van der Waals surface area contributed by atoms with Crippen LogP contribution in [0.4, 0.5) is 0 Å². The van der Waals surface area contributed by atoms with Crippen molar-refractivity contribution >= 4 is 29.9 Å². The Morgan fingerprint density at radius 2 is 2.00 bits per heavy atom. The van der Waals surface area contributed by atoms with Crippen LogP contribution in [0.2, 0.25) is 0 Å². The first-order valence-corrected chi connectivity index (χ1v) is 8.69. The van der Waals surface area contributed by atoms with Gasteiger partial charge in [0.1, 0.15) is 6.61 Å². The molecule has 0 saturated heterocycles. The number of nitrogens with zero attached hydrogens (tertiary/aromatic N) is 2. The van der Waals surface area contributed by atoms with Crippen LogP contribution in [0.3, 0.4) is 0 Å². The van der Waals surface area contributed by atoms with Gasteiger partial charge in [-0.1, -0.05) is 6.07 Å². The molecule has 0 fully saturated rings. The number of halogens is 1. The fourth-order valence-electron chi connectivity index (χ4n) is 2.45. The Kier molecular flexibility index (Phi) is 10.6. The fourth-order valence-corrected chi connectivity index (χ4v) is 2.45. The first-order valence-electron chi connectivity index (χ1n) is 8.69. The van der Waals surface area contributed by atoms with Crippen LogP contribution in [-0.4, -0.2) is 42.5 Å². The van der Waals surface area contributed by atoms with Crippen molar-refractivity contribution in [3.05, 3.63) is 47.8 Å². The number of aromatic nitrogens is 1. The minimum absolute atomic E-state index is 0. The molecule has 1 heterocycles. The number of nitrogens with one attached hydrogen (secondary N) is 2. The van der Waals surface area contributed by atoms with Crippen molar-refractivity contribution in [1.82, 2.24) is 15.2 Å². The van der Waals surface area contributed by atoms with E-state index in [1.165, 1.54) is 0 Å². The van der Waals surface area contributed by atoms with Crippen LogP contribution >= 0.6 is 24.0 Å². The number of ether oxygens (including phenoxy) is 2. The quantitative estimate of drug-likeness (QED) is 0.287. The van der Waals surface area contributed by atoms with Crippen molar-refractivity contribution in [1.29, 1.82) is 0 Å². The maximum absolute atomic E-state index is 8.88. The Balaban J connectivity index is 0.00000364. The zero-order chi connectivity index (χ0) is 18.8. The molecule has 7 nitrogen and oxygen atoms in total. The van der Waals surface area contributed by atoms with E-state index in [0.29, 0.717) is 24.6 Å². The molecule has 150 valence electrons. The van der Waals surface area contributed by atoms with E-state index in [1.54, 1.807) is 7.11 Å². The van der Waals surface area contributed by atoms with Gasteiger partial charge < -0.3 is 29.8 Å². The van der Waals surface area contributed by atoms with Crippen LogP contribution in [0.25, 0.3) is 0 Å². The largest absolute Gasteiger partial charge is 0.493 e.